The topological polar surface area (TPSA) is 12.0 Å². The smallest absolute Gasteiger partial charge is 0.0440 e. The van der Waals surface area contributed by atoms with Crippen LogP contribution in [0.1, 0.15) is 31.4 Å². The van der Waals surface area contributed by atoms with E-state index in [4.69, 9.17) is 11.6 Å². The Bertz CT molecular complexity index is 384. The van der Waals surface area contributed by atoms with Gasteiger partial charge in [0.25, 0.3) is 0 Å². The third kappa shape index (κ3) is 2.11. The second-order valence-corrected chi connectivity index (χ2v) is 5.70. The minimum atomic E-state index is 0.208. The third-order valence-electron chi connectivity index (χ3n) is 4.09. The summed E-state index contributed by atoms with van der Waals surface area (Å²) in [6.07, 6.45) is 3.49. The number of halogens is 1. The first-order valence-electron chi connectivity index (χ1n) is 6.00. The average molecular weight is 238 g/mol. The molecule has 0 spiro atoms. The molecule has 1 nitrogen and oxygen atoms in total. The monoisotopic (exact) mass is 237 g/mol. The van der Waals surface area contributed by atoms with Crippen LogP contribution in [0.25, 0.3) is 0 Å². The van der Waals surface area contributed by atoms with Crippen LogP contribution in [0, 0.1) is 5.92 Å². The van der Waals surface area contributed by atoms with Gasteiger partial charge in [-0.25, -0.2) is 0 Å². The molecule has 0 radical (unpaired) electrons. The second-order valence-electron chi connectivity index (χ2n) is 5.29. The summed E-state index contributed by atoms with van der Waals surface area (Å²) in [4.78, 5) is 0. The maximum atomic E-state index is 6.22. The summed E-state index contributed by atoms with van der Waals surface area (Å²) in [7, 11) is 2.05. The lowest BCUT2D eigenvalue weighted by atomic mass is 9.74. The van der Waals surface area contributed by atoms with Gasteiger partial charge in [-0.1, -0.05) is 23.7 Å². The van der Waals surface area contributed by atoms with Crippen LogP contribution in [-0.4, -0.2) is 12.6 Å². The zero-order chi connectivity index (χ0) is 11.8. The average Bonchev–Trinajstić information content (AvgIpc) is 2.29. The lowest BCUT2D eigenvalue weighted by molar-refractivity contribution is 0.244. The largest absolute Gasteiger partial charge is 0.315 e. The molecule has 1 N–H and O–H groups in total. The highest BCUT2D eigenvalue weighted by molar-refractivity contribution is 6.31. The van der Waals surface area contributed by atoms with Crippen molar-refractivity contribution in [3.8, 4) is 0 Å². The van der Waals surface area contributed by atoms with Gasteiger partial charge in [-0.2, -0.15) is 0 Å². The molecule has 0 fully saturated rings. The summed E-state index contributed by atoms with van der Waals surface area (Å²) in [5, 5.41) is 4.37. The first kappa shape index (κ1) is 11.9. The molecule has 0 heterocycles. The second kappa shape index (κ2) is 4.38. The normalized spacial score (nSPS) is 20.6. The van der Waals surface area contributed by atoms with Gasteiger partial charge >= 0.3 is 0 Å². The van der Waals surface area contributed by atoms with E-state index in [0.29, 0.717) is 5.92 Å². The number of fused-ring (bicyclic) bond motifs is 1. The number of hydrogen-bond acceptors (Lipinski definition) is 1. The minimum Gasteiger partial charge on any atom is -0.315 e. The van der Waals surface area contributed by atoms with Gasteiger partial charge in [0, 0.05) is 10.6 Å². The molecule has 1 aromatic rings. The predicted octanol–water partition coefficient (Wildman–Crippen LogP) is 3.44. The molecule has 1 aliphatic carbocycles. The van der Waals surface area contributed by atoms with E-state index in [2.05, 4.69) is 31.3 Å². The van der Waals surface area contributed by atoms with Crippen molar-refractivity contribution in [2.24, 2.45) is 5.92 Å². The van der Waals surface area contributed by atoms with Crippen LogP contribution in [0.3, 0.4) is 0 Å². The van der Waals surface area contributed by atoms with E-state index < -0.39 is 0 Å². The molecular formula is C14H20ClN. The number of nitrogens with one attached hydrogen (secondary N) is 1. The summed E-state index contributed by atoms with van der Waals surface area (Å²) in [6.45, 7) is 4.57. The molecule has 0 amide bonds. The summed E-state index contributed by atoms with van der Waals surface area (Å²) in [5.74, 6) is 0.698. The SMILES string of the molecule is CNC(C)(C)C1CCc2c(Cl)cccc2C1. The molecular weight excluding hydrogens is 218 g/mol. The van der Waals surface area contributed by atoms with Crippen LogP contribution in [-0.2, 0) is 12.8 Å². The van der Waals surface area contributed by atoms with Crippen molar-refractivity contribution in [3.05, 3.63) is 34.3 Å². The molecule has 2 rings (SSSR count). The van der Waals surface area contributed by atoms with Gasteiger partial charge < -0.3 is 5.32 Å². The van der Waals surface area contributed by atoms with Crippen molar-refractivity contribution >= 4 is 11.6 Å². The lowest BCUT2D eigenvalue weighted by Gasteiger charge is -2.37. The van der Waals surface area contributed by atoms with Crippen molar-refractivity contribution < 1.29 is 0 Å². The van der Waals surface area contributed by atoms with E-state index in [1.54, 1.807) is 0 Å². The van der Waals surface area contributed by atoms with E-state index in [-0.39, 0.29) is 5.54 Å². The van der Waals surface area contributed by atoms with Crippen LogP contribution in [0.5, 0.6) is 0 Å². The Morgan fingerprint density at radius 3 is 2.81 bits per heavy atom. The van der Waals surface area contributed by atoms with Crippen molar-refractivity contribution in [1.29, 1.82) is 0 Å². The molecule has 0 bridgehead atoms. The van der Waals surface area contributed by atoms with Crippen molar-refractivity contribution in [2.75, 3.05) is 7.05 Å². The van der Waals surface area contributed by atoms with E-state index in [9.17, 15) is 0 Å². The zero-order valence-electron chi connectivity index (χ0n) is 10.3. The Labute approximate surface area is 103 Å². The third-order valence-corrected chi connectivity index (χ3v) is 4.44. The van der Waals surface area contributed by atoms with Crippen molar-refractivity contribution in [2.45, 2.75) is 38.6 Å². The van der Waals surface area contributed by atoms with Gasteiger partial charge in [-0.05, 0) is 63.3 Å². The van der Waals surface area contributed by atoms with E-state index in [0.717, 1.165) is 17.9 Å². The number of rotatable bonds is 2. The molecule has 0 saturated carbocycles. The Kier molecular flexibility index (Phi) is 3.27. The van der Waals surface area contributed by atoms with Crippen molar-refractivity contribution in [1.82, 2.24) is 5.32 Å². The zero-order valence-corrected chi connectivity index (χ0v) is 11.1. The molecule has 16 heavy (non-hydrogen) atoms. The molecule has 1 atom stereocenters. The van der Waals surface area contributed by atoms with E-state index in [1.807, 2.05) is 13.1 Å². The maximum absolute atomic E-state index is 6.22. The summed E-state index contributed by atoms with van der Waals surface area (Å²) < 4.78 is 0. The fourth-order valence-corrected chi connectivity index (χ4v) is 2.87. The summed E-state index contributed by atoms with van der Waals surface area (Å²) in [5.41, 5.74) is 3.01. The molecule has 1 aliphatic rings. The maximum Gasteiger partial charge on any atom is 0.0440 e. The Hall–Kier alpha value is -0.530. The molecule has 2 heteroatoms. The highest BCUT2D eigenvalue weighted by Crippen LogP contribution is 2.35. The fraction of sp³-hybridized carbons (Fsp3) is 0.571. The molecule has 88 valence electrons. The van der Waals surface area contributed by atoms with Gasteiger partial charge in [0.1, 0.15) is 0 Å². The van der Waals surface area contributed by atoms with Crippen LogP contribution < -0.4 is 5.32 Å². The lowest BCUT2D eigenvalue weighted by Crippen LogP contribution is -2.46. The Balaban J connectivity index is 2.25. The minimum absolute atomic E-state index is 0.208. The van der Waals surface area contributed by atoms with Gasteiger partial charge in [0.2, 0.25) is 0 Å². The van der Waals surface area contributed by atoms with E-state index in [1.165, 1.54) is 17.5 Å². The van der Waals surface area contributed by atoms with Gasteiger partial charge in [0.15, 0.2) is 0 Å². The van der Waals surface area contributed by atoms with Gasteiger partial charge in [-0.3, -0.25) is 0 Å². The number of benzene rings is 1. The summed E-state index contributed by atoms with van der Waals surface area (Å²) >= 11 is 6.22. The Morgan fingerprint density at radius 2 is 2.12 bits per heavy atom. The van der Waals surface area contributed by atoms with Gasteiger partial charge in [-0.15, -0.1) is 0 Å². The molecule has 1 aromatic carbocycles. The van der Waals surface area contributed by atoms with Crippen LogP contribution in [0.15, 0.2) is 18.2 Å². The summed E-state index contributed by atoms with van der Waals surface area (Å²) in [6, 6.07) is 6.29. The van der Waals surface area contributed by atoms with Crippen LogP contribution in [0.2, 0.25) is 5.02 Å². The molecule has 1 unspecified atom stereocenters. The van der Waals surface area contributed by atoms with Crippen molar-refractivity contribution in [3.63, 3.8) is 0 Å². The highest BCUT2D eigenvalue weighted by Gasteiger charge is 2.31. The standard InChI is InChI=1S/C14H20ClN/c1-14(2,16-3)11-7-8-12-10(9-11)5-4-6-13(12)15/h4-6,11,16H,7-9H2,1-3H3. The molecule has 0 aromatic heterocycles. The van der Waals surface area contributed by atoms with Crippen LogP contribution >= 0.6 is 11.6 Å². The highest BCUT2D eigenvalue weighted by atomic mass is 35.5. The Morgan fingerprint density at radius 1 is 1.38 bits per heavy atom. The molecule has 0 aliphatic heterocycles. The quantitative estimate of drug-likeness (QED) is 0.831. The fourth-order valence-electron chi connectivity index (χ4n) is 2.58. The molecule has 0 saturated heterocycles. The van der Waals surface area contributed by atoms with E-state index >= 15 is 0 Å². The number of hydrogen-bond donors (Lipinski definition) is 1. The first-order chi connectivity index (χ1) is 7.54. The van der Waals surface area contributed by atoms with Gasteiger partial charge in [0.05, 0.1) is 0 Å². The first-order valence-corrected chi connectivity index (χ1v) is 6.37. The van der Waals surface area contributed by atoms with Crippen LogP contribution in [0.4, 0.5) is 0 Å². The predicted molar refractivity (Wildman–Crippen MR) is 70.1 cm³/mol.